The third kappa shape index (κ3) is 6.62. The third-order valence-corrected chi connectivity index (χ3v) is 6.00. The van der Waals surface area contributed by atoms with E-state index in [0.29, 0.717) is 12.5 Å². The second-order valence-electron chi connectivity index (χ2n) is 8.48. The predicted octanol–water partition coefficient (Wildman–Crippen LogP) is 3.53. The van der Waals surface area contributed by atoms with Crippen molar-refractivity contribution in [1.29, 1.82) is 0 Å². The van der Waals surface area contributed by atoms with E-state index >= 15 is 0 Å². The van der Waals surface area contributed by atoms with Crippen LogP contribution in [-0.2, 0) is 20.9 Å². The van der Waals surface area contributed by atoms with E-state index in [-0.39, 0.29) is 30.3 Å². The first kappa shape index (κ1) is 20.8. The van der Waals surface area contributed by atoms with E-state index in [0.717, 1.165) is 58.2 Å². The first-order valence-corrected chi connectivity index (χ1v) is 10.8. The lowest BCUT2D eigenvalue weighted by Gasteiger charge is -2.17. The van der Waals surface area contributed by atoms with Crippen LogP contribution in [0.15, 0.2) is 30.3 Å². The van der Waals surface area contributed by atoms with E-state index in [1.807, 2.05) is 13.0 Å². The smallest absolute Gasteiger partial charge is 0.307 e. The van der Waals surface area contributed by atoms with Gasteiger partial charge < -0.3 is 10.1 Å². The van der Waals surface area contributed by atoms with Crippen molar-refractivity contribution < 1.29 is 14.3 Å². The van der Waals surface area contributed by atoms with Gasteiger partial charge in [0, 0.05) is 25.0 Å². The molecule has 2 atom stereocenters. The average molecular weight is 387 g/mol. The molecule has 28 heavy (non-hydrogen) atoms. The summed E-state index contributed by atoms with van der Waals surface area (Å²) < 4.78 is 5.43. The van der Waals surface area contributed by atoms with Gasteiger partial charge in [-0.25, -0.2) is 0 Å². The molecule has 5 nitrogen and oxygen atoms in total. The number of nitrogens with zero attached hydrogens (tertiary/aromatic N) is 1. The van der Waals surface area contributed by atoms with Crippen LogP contribution in [0.3, 0.4) is 0 Å². The van der Waals surface area contributed by atoms with Crippen LogP contribution >= 0.6 is 0 Å². The molecule has 2 fully saturated rings. The molecule has 0 aromatic heterocycles. The maximum absolute atomic E-state index is 12.1. The minimum Gasteiger partial charge on any atom is -0.466 e. The predicted molar refractivity (Wildman–Crippen MR) is 110 cm³/mol. The van der Waals surface area contributed by atoms with Crippen molar-refractivity contribution in [2.24, 2.45) is 11.8 Å². The Balaban J connectivity index is 1.27. The Kier molecular flexibility index (Phi) is 7.90. The Morgan fingerprint density at radius 2 is 1.93 bits per heavy atom. The van der Waals surface area contributed by atoms with Crippen molar-refractivity contribution >= 4 is 11.9 Å². The first-order chi connectivity index (χ1) is 13.6. The summed E-state index contributed by atoms with van der Waals surface area (Å²) in [5, 5.41) is 2.97. The van der Waals surface area contributed by atoms with E-state index < -0.39 is 0 Å². The zero-order chi connectivity index (χ0) is 19.8. The van der Waals surface area contributed by atoms with Crippen molar-refractivity contribution in [3.8, 4) is 0 Å². The van der Waals surface area contributed by atoms with E-state index in [1.54, 1.807) is 0 Å². The van der Waals surface area contributed by atoms with Crippen molar-refractivity contribution in [3.05, 3.63) is 35.9 Å². The highest BCUT2D eigenvalue weighted by Gasteiger charge is 2.25. The number of ether oxygens (including phenoxy) is 1. The number of hydrogen-bond acceptors (Lipinski definition) is 4. The molecule has 2 aliphatic rings. The largest absolute Gasteiger partial charge is 0.466 e. The van der Waals surface area contributed by atoms with Gasteiger partial charge >= 0.3 is 5.97 Å². The van der Waals surface area contributed by atoms with Gasteiger partial charge in [-0.15, -0.1) is 0 Å². The van der Waals surface area contributed by atoms with Gasteiger partial charge in [-0.1, -0.05) is 43.2 Å². The summed E-state index contributed by atoms with van der Waals surface area (Å²) >= 11 is 0. The van der Waals surface area contributed by atoms with Crippen LogP contribution in [-0.4, -0.2) is 42.5 Å². The van der Waals surface area contributed by atoms with E-state index in [9.17, 15) is 9.59 Å². The molecule has 0 spiro atoms. The molecular formula is C23H34N2O3. The van der Waals surface area contributed by atoms with E-state index in [4.69, 9.17) is 4.74 Å². The Bertz CT molecular complexity index is 628. The molecule has 1 saturated heterocycles. The fourth-order valence-corrected chi connectivity index (χ4v) is 4.38. The number of benzene rings is 1. The quantitative estimate of drug-likeness (QED) is 0.660. The summed E-state index contributed by atoms with van der Waals surface area (Å²) in [5.74, 6) is 0.622. The van der Waals surface area contributed by atoms with Gasteiger partial charge in [-0.2, -0.15) is 0 Å². The SMILES string of the molecule is C[C@H](CC(=O)OCC[C@@H]1CCN(Cc2ccccc2)C1)NC(=O)C1CCCC1. The van der Waals surface area contributed by atoms with Crippen molar-refractivity contribution in [3.63, 3.8) is 0 Å². The highest BCUT2D eigenvalue weighted by atomic mass is 16.5. The van der Waals surface area contributed by atoms with Crippen LogP contribution in [0, 0.1) is 11.8 Å². The third-order valence-electron chi connectivity index (χ3n) is 6.00. The molecular weight excluding hydrogens is 352 g/mol. The zero-order valence-electron chi connectivity index (χ0n) is 17.1. The molecule has 0 bridgehead atoms. The maximum Gasteiger partial charge on any atom is 0.307 e. The van der Waals surface area contributed by atoms with Crippen LogP contribution in [0.1, 0.15) is 57.4 Å². The van der Waals surface area contributed by atoms with Gasteiger partial charge in [0.1, 0.15) is 0 Å². The average Bonchev–Trinajstić information content (AvgIpc) is 3.35. The lowest BCUT2D eigenvalue weighted by atomic mass is 10.1. The molecule has 1 aliphatic carbocycles. The fourth-order valence-electron chi connectivity index (χ4n) is 4.38. The number of carbonyl (C=O) groups excluding carboxylic acids is 2. The van der Waals surface area contributed by atoms with Gasteiger partial charge in [-0.05, 0) is 50.6 Å². The molecule has 154 valence electrons. The van der Waals surface area contributed by atoms with Crippen LogP contribution < -0.4 is 5.32 Å². The standard InChI is InChI=1S/C23H34N2O3/c1-18(24-23(27)21-9-5-6-10-21)15-22(26)28-14-12-20-11-13-25(17-20)16-19-7-3-2-4-8-19/h2-4,7-8,18,20-21H,5-6,9-17H2,1H3,(H,24,27)/t18-,20+/m1/s1. The van der Waals surface area contributed by atoms with Crippen molar-refractivity contribution in [2.75, 3.05) is 19.7 Å². The normalized spacial score (nSPS) is 21.5. The molecule has 0 unspecified atom stereocenters. The number of nitrogens with one attached hydrogen (secondary N) is 1. The van der Waals surface area contributed by atoms with Gasteiger partial charge in [0.25, 0.3) is 0 Å². The summed E-state index contributed by atoms with van der Waals surface area (Å²) in [7, 11) is 0. The molecule has 1 saturated carbocycles. The topological polar surface area (TPSA) is 58.6 Å². The first-order valence-electron chi connectivity index (χ1n) is 10.8. The second-order valence-corrected chi connectivity index (χ2v) is 8.48. The Morgan fingerprint density at radius 1 is 1.18 bits per heavy atom. The highest BCUT2D eigenvalue weighted by Crippen LogP contribution is 2.25. The van der Waals surface area contributed by atoms with E-state index in [2.05, 4.69) is 34.5 Å². The Morgan fingerprint density at radius 3 is 2.68 bits per heavy atom. The monoisotopic (exact) mass is 386 g/mol. The molecule has 1 aliphatic heterocycles. The number of esters is 1. The van der Waals surface area contributed by atoms with Crippen molar-refractivity contribution in [2.45, 2.75) is 64.5 Å². The van der Waals surface area contributed by atoms with Crippen LogP contribution in [0.2, 0.25) is 0 Å². The summed E-state index contributed by atoms with van der Waals surface area (Å²) in [6, 6.07) is 10.4. The van der Waals surface area contributed by atoms with Crippen LogP contribution in [0.5, 0.6) is 0 Å². The number of carbonyl (C=O) groups is 2. The molecule has 5 heteroatoms. The van der Waals surface area contributed by atoms with Gasteiger partial charge in [0.2, 0.25) is 5.91 Å². The molecule has 1 aromatic rings. The van der Waals surface area contributed by atoms with E-state index in [1.165, 1.54) is 5.56 Å². The van der Waals surface area contributed by atoms with Gasteiger partial charge in [0.05, 0.1) is 13.0 Å². The number of amides is 1. The summed E-state index contributed by atoms with van der Waals surface area (Å²) in [4.78, 5) is 26.6. The van der Waals surface area contributed by atoms with Gasteiger partial charge in [0.15, 0.2) is 0 Å². The van der Waals surface area contributed by atoms with Crippen LogP contribution in [0.25, 0.3) is 0 Å². The maximum atomic E-state index is 12.1. The number of likely N-dealkylation sites (tertiary alicyclic amines) is 1. The Labute approximate surface area is 168 Å². The zero-order valence-corrected chi connectivity index (χ0v) is 17.1. The second kappa shape index (κ2) is 10.6. The summed E-state index contributed by atoms with van der Waals surface area (Å²) in [5.41, 5.74) is 1.35. The molecule has 1 aromatic carbocycles. The fraction of sp³-hybridized carbons (Fsp3) is 0.652. The van der Waals surface area contributed by atoms with Crippen LogP contribution in [0.4, 0.5) is 0 Å². The highest BCUT2D eigenvalue weighted by molar-refractivity contribution is 5.80. The minimum absolute atomic E-state index is 0.0993. The Hall–Kier alpha value is -1.88. The lowest BCUT2D eigenvalue weighted by molar-refractivity contribution is -0.144. The lowest BCUT2D eigenvalue weighted by Crippen LogP contribution is -2.38. The van der Waals surface area contributed by atoms with Crippen molar-refractivity contribution in [1.82, 2.24) is 10.2 Å². The number of hydrogen-bond donors (Lipinski definition) is 1. The molecule has 1 heterocycles. The molecule has 3 rings (SSSR count). The number of rotatable bonds is 9. The molecule has 1 amide bonds. The minimum atomic E-state index is -0.210. The summed E-state index contributed by atoms with van der Waals surface area (Å²) in [6.07, 6.45) is 6.57. The molecule has 1 N–H and O–H groups in total. The molecule has 0 radical (unpaired) electrons. The summed E-state index contributed by atoms with van der Waals surface area (Å²) in [6.45, 7) is 5.53. The van der Waals surface area contributed by atoms with Gasteiger partial charge in [-0.3, -0.25) is 14.5 Å².